The van der Waals surface area contributed by atoms with Gasteiger partial charge in [0.1, 0.15) is 30.0 Å². The maximum Gasteiger partial charge on any atom is 0.255 e. The number of amides is 9. The molecular formula is C67H113N11O13. The molecule has 2 aliphatic heterocycles. The predicted molar refractivity (Wildman–Crippen MR) is 349 cm³/mol. The molecule has 24 nitrogen and oxygen atoms in total. The molecule has 0 aliphatic carbocycles. The van der Waals surface area contributed by atoms with Crippen LogP contribution in [0.4, 0.5) is 0 Å². The van der Waals surface area contributed by atoms with E-state index in [4.69, 9.17) is 4.74 Å². The molecule has 2 fully saturated rings. The second-order valence-corrected chi connectivity index (χ2v) is 27.7. The topological polar surface area (TPSA) is 279 Å². The van der Waals surface area contributed by atoms with Crippen LogP contribution in [0.2, 0.25) is 0 Å². The summed E-state index contributed by atoms with van der Waals surface area (Å²) < 4.78 is 6.20. The highest BCUT2D eigenvalue weighted by Crippen LogP contribution is 2.24. The van der Waals surface area contributed by atoms with Gasteiger partial charge in [-0.25, -0.2) is 0 Å². The van der Waals surface area contributed by atoms with Gasteiger partial charge in [-0.1, -0.05) is 78.3 Å². The third-order valence-electron chi connectivity index (χ3n) is 17.7. The number of hydrogen-bond acceptors (Lipinski definition) is 15. The number of Topliss-reactive ketones (excluding diaryl/α,β-unsaturated/α-hetero) is 2. The van der Waals surface area contributed by atoms with E-state index in [0.29, 0.717) is 45.2 Å². The van der Waals surface area contributed by atoms with E-state index in [1.807, 2.05) is 85.7 Å². The van der Waals surface area contributed by atoms with Gasteiger partial charge in [-0.2, -0.15) is 0 Å². The summed E-state index contributed by atoms with van der Waals surface area (Å²) in [7, 11) is 10.4. The number of carbonyl (C=O) groups excluding carboxylic acids is 11. The third kappa shape index (κ3) is 24.2. The molecule has 0 bridgehead atoms. The minimum atomic E-state index is -1.82. The predicted octanol–water partition coefficient (Wildman–Crippen LogP) is 2.72. The SMILES string of the molecule is CC[C@H](C)[C@H]1C(=O)N[C@H](C(=O)N2CCCCC2)C(=O)N(C)[C@H](C)C(=O)N(C)[C@@H](C)C(=O)CN(C)CC(=O)N(C)C[C@@H](CC(C)C)CC(=O)CN[C@@H]([C@@H](C)O)C(=O)N(C)[C@@H](Cc2ccccc2)C(=O)N(C)C[C@@H](CC(C)C)C(=O)NC[C@@H](COC(C)(C)C)C(=O)N1C. The van der Waals surface area contributed by atoms with Gasteiger partial charge in [-0.15, -0.1) is 0 Å². The summed E-state index contributed by atoms with van der Waals surface area (Å²) >= 11 is 0. The normalized spacial score (nSPS) is 26.6. The van der Waals surface area contributed by atoms with Crippen LogP contribution in [0.1, 0.15) is 134 Å². The van der Waals surface area contributed by atoms with Crippen molar-refractivity contribution in [2.75, 3.05) is 108 Å². The molecule has 11 atom stereocenters. The Hall–Kier alpha value is -6.37. The number of ether oxygens (including phenoxy) is 1. The standard InChI is InChI=1S/C67H113N11O13/c1-20-44(6)58-60(84)70-57(66(90)78-29-25-22-26-30-78)65(89)75(17)46(8)61(85)74(16)45(7)54(81)39-71(13)40-55(82)72(14)37-49(31-42(2)3)33-52(80)36-68-56(47(9)79)64(88)76(18)53(34-48-27-23-21-24-28-48)63(87)73(15)38-50(32-43(4)5)59(83)69-35-51(62(86)77(58)19)41-91-67(10,11)12/h21,23-24,27-28,42-47,49-51,53,56-58,68,79H,20,22,25-26,29-41H2,1-19H3,(H,69,83)(H,70,84)/t44-,45-,46+,47+,49-,50+,51-,53-,56-,57-,58-/m0/s1. The van der Waals surface area contributed by atoms with Crippen molar-refractivity contribution in [3.63, 3.8) is 0 Å². The van der Waals surface area contributed by atoms with Gasteiger partial charge in [0.05, 0.1) is 55.8 Å². The minimum absolute atomic E-state index is 0.0251. The summed E-state index contributed by atoms with van der Waals surface area (Å²) in [6, 6.07) is 1.27. The van der Waals surface area contributed by atoms with Crippen LogP contribution in [0, 0.1) is 35.5 Å². The lowest BCUT2D eigenvalue weighted by atomic mass is 9.91. The van der Waals surface area contributed by atoms with Crippen LogP contribution in [0.5, 0.6) is 0 Å². The van der Waals surface area contributed by atoms with E-state index < -0.39 is 119 Å². The molecule has 1 aromatic carbocycles. The van der Waals surface area contributed by atoms with Crippen molar-refractivity contribution >= 4 is 64.7 Å². The zero-order valence-electron chi connectivity index (χ0n) is 58.3. The quantitative estimate of drug-likeness (QED) is 0.219. The van der Waals surface area contributed by atoms with Gasteiger partial charge < -0.3 is 54.8 Å². The first kappa shape index (κ1) is 78.9. The summed E-state index contributed by atoms with van der Waals surface area (Å²) in [4.78, 5) is 170. The second kappa shape index (κ2) is 36.8. The van der Waals surface area contributed by atoms with E-state index in [-0.39, 0.29) is 88.2 Å². The van der Waals surface area contributed by atoms with Crippen molar-refractivity contribution in [2.45, 2.75) is 182 Å². The number of benzene rings is 1. The Balaban J connectivity index is 2.21. The molecule has 0 radical (unpaired) electrons. The monoisotopic (exact) mass is 1280 g/mol. The zero-order valence-corrected chi connectivity index (χ0v) is 58.3. The number of nitrogens with one attached hydrogen (secondary N) is 3. The first-order valence-corrected chi connectivity index (χ1v) is 32.7. The Morgan fingerprint density at radius 2 is 1.26 bits per heavy atom. The van der Waals surface area contributed by atoms with Gasteiger partial charge in [0.2, 0.25) is 41.4 Å². The lowest BCUT2D eigenvalue weighted by Gasteiger charge is -2.37. The summed E-state index contributed by atoms with van der Waals surface area (Å²) in [5, 5.41) is 19.8. The van der Waals surface area contributed by atoms with E-state index >= 15 is 4.79 Å². The average molecular weight is 1280 g/mol. The molecule has 2 aliphatic rings. The largest absolute Gasteiger partial charge is 0.391 e. The summed E-state index contributed by atoms with van der Waals surface area (Å²) in [5.74, 6) is -8.94. The number of carbonyl (C=O) groups is 11. The number of aliphatic hydroxyl groups is 1. The Kier molecular flexibility index (Phi) is 31.9. The molecule has 9 amide bonds. The fourth-order valence-corrected chi connectivity index (χ4v) is 11.8. The van der Waals surface area contributed by atoms with Crippen LogP contribution in [0.25, 0.3) is 0 Å². The van der Waals surface area contributed by atoms with Crippen LogP contribution < -0.4 is 16.0 Å². The minimum Gasteiger partial charge on any atom is -0.391 e. The molecule has 514 valence electrons. The highest BCUT2D eigenvalue weighted by atomic mass is 16.5. The molecule has 0 unspecified atom stereocenters. The van der Waals surface area contributed by atoms with E-state index in [2.05, 4.69) is 16.0 Å². The van der Waals surface area contributed by atoms with Crippen LogP contribution >= 0.6 is 0 Å². The molecule has 0 saturated carbocycles. The number of piperidine rings is 1. The zero-order chi connectivity index (χ0) is 68.9. The third-order valence-corrected chi connectivity index (χ3v) is 17.7. The maximum absolute atomic E-state index is 15.1. The van der Waals surface area contributed by atoms with E-state index in [1.54, 1.807) is 28.1 Å². The number of rotatable bonds is 12. The average Bonchev–Trinajstić information content (AvgIpc) is 1.03. The highest BCUT2D eigenvalue weighted by Gasteiger charge is 2.43. The Morgan fingerprint density at radius 3 is 1.82 bits per heavy atom. The van der Waals surface area contributed by atoms with Crippen LogP contribution in [0.3, 0.4) is 0 Å². The first-order chi connectivity index (χ1) is 42.4. The molecule has 2 heterocycles. The van der Waals surface area contributed by atoms with E-state index in [9.17, 15) is 53.1 Å². The first-order valence-electron chi connectivity index (χ1n) is 32.7. The van der Waals surface area contributed by atoms with Crippen LogP contribution in [-0.4, -0.2) is 265 Å². The van der Waals surface area contributed by atoms with Gasteiger partial charge in [-0.3, -0.25) is 63.0 Å². The van der Waals surface area contributed by atoms with Crippen molar-refractivity contribution < 1.29 is 62.6 Å². The highest BCUT2D eigenvalue weighted by molar-refractivity contribution is 6.08. The second-order valence-electron chi connectivity index (χ2n) is 27.7. The molecule has 4 N–H and O–H groups in total. The lowest BCUT2D eigenvalue weighted by Crippen LogP contribution is -2.63. The number of likely N-dealkylation sites (tertiary alicyclic amines) is 1. The van der Waals surface area contributed by atoms with Gasteiger partial charge in [0.25, 0.3) is 11.8 Å². The van der Waals surface area contributed by atoms with Crippen molar-refractivity contribution in [1.82, 2.24) is 55.1 Å². The van der Waals surface area contributed by atoms with Crippen LogP contribution in [0.15, 0.2) is 30.3 Å². The number of ketones is 2. The maximum atomic E-state index is 15.1. The molecule has 24 heteroatoms. The number of nitrogens with zero attached hydrogens (tertiary/aromatic N) is 8. The Bertz CT molecular complexity index is 2610. The molecule has 3 rings (SSSR count). The van der Waals surface area contributed by atoms with Crippen molar-refractivity contribution in [2.24, 2.45) is 35.5 Å². The lowest BCUT2D eigenvalue weighted by molar-refractivity contribution is -0.153. The van der Waals surface area contributed by atoms with E-state index in [1.165, 1.54) is 83.3 Å². The van der Waals surface area contributed by atoms with Crippen molar-refractivity contribution in [1.29, 1.82) is 0 Å². The van der Waals surface area contributed by atoms with Gasteiger partial charge in [0, 0.05) is 87.9 Å². The van der Waals surface area contributed by atoms with Crippen LogP contribution in [-0.2, 0) is 63.9 Å². The fourth-order valence-electron chi connectivity index (χ4n) is 11.8. The summed E-state index contributed by atoms with van der Waals surface area (Å²) in [6.45, 7) is 20.9. The molecule has 1 aromatic rings. The van der Waals surface area contributed by atoms with Crippen molar-refractivity contribution in [3.8, 4) is 0 Å². The molecule has 0 aromatic heterocycles. The molecular weight excluding hydrogens is 1170 g/mol. The fraction of sp³-hybridized carbons (Fsp3) is 0.746. The number of aliphatic hydroxyl groups excluding tert-OH is 1. The molecule has 2 saturated heterocycles. The smallest absolute Gasteiger partial charge is 0.255 e. The van der Waals surface area contributed by atoms with Gasteiger partial charge >= 0.3 is 0 Å². The summed E-state index contributed by atoms with van der Waals surface area (Å²) in [5.41, 5.74) is -0.0195. The van der Waals surface area contributed by atoms with Crippen molar-refractivity contribution in [3.05, 3.63) is 35.9 Å². The van der Waals surface area contributed by atoms with Gasteiger partial charge in [-0.05, 0) is 110 Å². The Labute approximate surface area is 542 Å². The molecule has 91 heavy (non-hydrogen) atoms. The van der Waals surface area contributed by atoms with E-state index in [0.717, 1.165) is 16.9 Å². The number of hydrogen-bond donors (Lipinski definition) is 4. The summed E-state index contributed by atoms with van der Waals surface area (Å²) in [6.07, 6.45) is 2.22. The number of likely N-dealkylation sites (N-methyl/N-ethyl adjacent to an activating group) is 7. The van der Waals surface area contributed by atoms with Gasteiger partial charge in [0.15, 0.2) is 11.8 Å². The molecule has 0 spiro atoms. The Morgan fingerprint density at radius 1 is 0.670 bits per heavy atom.